The summed E-state index contributed by atoms with van der Waals surface area (Å²) in [5.74, 6) is 0.372. The number of alkyl halides is 2. The van der Waals surface area contributed by atoms with Crippen LogP contribution in [0.1, 0.15) is 31.9 Å². The van der Waals surface area contributed by atoms with E-state index in [0.717, 1.165) is 12.0 Å². The zero-order chi connectivity index (χ0) is 12.6. The van der Waals surface area contributed by atoms with Crippen LogP contribution in [0.3, 0.4) is 0 Å². The van der Waals surface area contributed by atoms with Crippen molar-refractivity contribution >= 4 is 0 Å². The zero-order valence-corrected chi connectivity index (χ0v) is 9.74. The molecule has 94 valence electrons. The summed E-state index contributed by atoms with van der Waals surface area (Å²) in [7, 11) is 0. The lowest BCUT2D eigenvalue weighted by atomic mass is 9.93. The van der Waals surface area contributed by atoms with Gasteiger partial charge in [0.05, 0.1) is 0 Å². The minimum atomic E-state index is -3.57. The van der Waals surface area contributed by atoms with E-state index in [4.69, 9.17) is 5.73 Å². The molecule has 0 bridgehead atoms. The molecule has 0 radical (unpaired) electrons. The van der Waals surface area contributed by atoms with Gasteiger partial charge in [0.15, 0.2) is 11.5 Å². The van der Waals surface area contributed by atoms with Crippen molar-refractivity contribution in [2.45, 2.75) is 32.6 Å². The van der Waals surface area contributed by atoms with Crippen LogP contribution < -0.4 is 15.2 Å². The first-order valence-corrected chi connectivity index (χ1v) is 5.58. The molecule has 0 aromatic heterocycles. The first-order valence-electron chi connectivity index (χ1n) is 5.58. The van der Waals surface area contributed by atoms with Crippen LogP contribution >= 0.6 is 0 Å². The second-order valence-corrected chi connectivity index (χ2v) is 4.28. The third-order valence-electron chi connectivity index (χ3n) is 3.07. The summed E-state index contributed by atoms with van der Waals surface area (Å²) >= 11 is 0. The second-order valence-electron chi connectivity index (χ2n) is 4.28. The zero-order valence-electron chi connectivity index (χ0n) is 9.74. The van der Waals surface area contributed by atoms with Crippen LogP contribution in [0.5, 0.6) is 11.5 Å². The number of hydrogen-bond acceptors (Lipinski definition) is 3. The van der Waals surface area contributed by atoms with Gasteiger partial charge in [-0.1, -0.05) is 26.3 Å². The molecule has 1 aromatic carbocycles. The van der Waals surface area contributed by atoms with Crippen LogP contribution in [-0.4, -0.2) is 6.29 Å². The van der Waals surface area contributed by atoms with Gasteiger partial charge in [0, 0.05) is 6.04 Å². The molecular weight excluding hydrogens is 228 g/mol. The topological polar surface area (TPSA) is 44.5 Å². The number of nitrogens with two attached hydrogens (primary N) is 1. The highest BCUT2D eigenvalue weighted by molar-refractivity contribution is 5.46. The summed E-state index contributed by atoms with van der Waals surface area (Å²) in [6.45, 7) is 4.05. The van der Waals surface area contributed by atoms with Crippen LogP contribution in [0, 0.1) is 5.92 Å². The lowest BCUT2D eigenvalue weighted by Crippen LogP contribution is -2.26. The quantitative estimate of drug-likeness (QED) is 0.887. The fourth-order valence-electron chi connectivity index (χ4n) is 1.76. The fourth-order valence-corrected chi connectivity index (χ4v) is 1.76. The molecule has 0 fully saturated rings. The van der Waals surface area contributed by atoms with E-state index in [-0.39, 0.29) is 23.5 Å². The highest BCUT2D eigenvalue weighted by atomic mass is 19.3. The first-order chi connectivity index (χ1) is 7.93. The Morgan fingerprint density at radius 2 is 1.94 bits per heavy atom. The highest BCUT2D eigenvalue weighted by Crippen LogP contribution is 2.42. The Morgan fingerprint density at radius 3 is 2.59 bits per heavy atom. The lowest BCUT2D eigenvalue weighted by Gasteiger charge is -2.18. The Balaban J connectivity index is 2.24. The standard InChI is InChI=1S/C12H15F2NO2/c1-3-7(2)11(15)8-4-5-9-10(6-8)17-12(13,14)16-9/h4-7,11H,3,15H2,1-2H3/t7?,11-/m1/s1. The average Bonchev–Trinajstić information content (AvgIpc) is 2.59. The normalized spacial score (nSPS) is 20.1. The van der Waals surface area contributed by atoms with E-state index in [0.29, 0.717) is 0 Å². The van der Waals surface area contributed by atoms with E-state index in [9.17, 15) is 8.78 Å². The van der Waals surface area contributed by atoms with E-state index < -0.39 is 6.29 Å². The summed E-state index contributed by atoms with van der Waals surface area (Å²) < 4.78 is 34.3. The molecule has 2 rings (SSSR count). The predicted molar refractivity (Wildman–Crippen MR) is 59.0 cm³/mol. The van der Waals surface area contributed by atoms with Gasteiger partial charge in [0.25, 0.3) is 0 Å². The van der Waals surface area contributed by atoms with Crippen LogP contribution in [-0.2, 0) is 0 Å². The molecule has 0 aliphatic carbocycles. The monoisotopic (exact) mass is 243 g/mol. The van der Waals surface area contributed by atoms with Crippen LogP contribution in [0.15, 0.2) is 18.2 Å². The molecular formula is C12H15F2NO2. The van der Waals surface area contributed by atoms with Gasteiger partial charge < -0.3 is 15.2 Å². The van der Waals surface area contributed by atoms with E-state index in [2.05, 4.69) is 9.47 Å². The number of benzene rings is 1. The third-order valence-corrected chi connectivity index (χ3v) is 3.07. The number of fused-ring (bicyclic) bond motifs is 1. The van der Waals surface area contributed by atoms with Crippen molar-refractivity contribution in [1.29, 1.82) is 0 Å². The van der Waals surface area contributed by atoms with Gasteiger partial charge in [-0.15, -0.1) is 8.78 Å². The smallest absolute Gasteiger partial charge is 0.395 e. The Bertz CT molecular complexity index is 423. The van der Waals surface area contributed by atoms with Gasteiger partial charge in [-0.05, 0) is 23.6 Å². The fraction of sp³-hybridized carbons (Fsp3) is 0.500. The Labute approximate surface area is 98.5 Å². The molecule has 1 aromatic rings. The van der Waals surface area contributed by atoms with E-state index in [1.165, 1.54) is 12.1 Å². The molecule has 5 heteroatoms. The van der Waals surface area contributed by atoms with Crippen molar-refractivity contribution in [3.05, 3.63) is 23.8 Å². The highest BCUT2D eigenvalue weighted by Gasteiger charge is 2.43. The van der Waals surface area contributed by atoms with E-state index in [1.807, 2.05) is 13.8 Å². The SMILES string of the molecule is CCC(C)[C@@H](N)c1ccc2c(c1)OC(F)(F)O2. The van der Waals surface area contributed by atoms with Crippen molar-refractivity contribution < 1.29 is 18.3 Å². The Morgan fingerprint density at radius 1 is 1.29 bits per heavy atom. The first kappa shape index (κ1) is 12.1. The average molecular weight is 243 g/mol. The largest absolute Gasteiger partial charge is 0.586 e. The summed E-state index contributed by atoms with van der Waals surface area (Å²) in [5, 5.41) is 0. The number of halogens is 2. The molecule has 0 spiro atoms. The molecule has 1 unspecified atom stereocenters. The maximum atomic E-state index is 12.8. The van der Waals surface area contributed by atoms with Crippen LogP contribution in [0.4, 0.5) is 8.78 Å². The Kier molecular flexibility index (Phi) is 2.95. The van der Waals surface area contributed by atoms with Gasteiger partial charge in [-0.25, -0.2) is 0 Å². The summed E-state index contributed by atoms with van der Waals surface area (Å²) in [5.41, 5.74) is 6.80. The second kappa shape index (κ2) is 4.14. The lowest BCUT2D eigenvalue weighted by molar-refractivity contribution is -0.286. The molecule has 1 heterocycles. The summed E-state index contributed by atoms with van der Waals surface area (Å²) in [4.78, 5) is 0. The molecule has 3 nitrogen and oxygen atoms in total. The van der Waals surface area contributed by atoms with Crippen molar-refractivity contribution in [3.8, 4) is 11.5 Å². The summed E-state index contributed by atoms with van der Waals surface area (Å²) in [6.07, 6.45) is -2.65. The molecule has 0 saturated heterocycles. The molecule has 2 atom stereocenters. The van der Waals surface area contributed by atoms with Crippen LogP contribution in [0.25, 0.3) is 0 Å². The minimum absolute atomic E-state index is 0.0475. The van der Waals surface area contributed by atoms with Crippen molar-refractivity contribution in [2.75, 3.05) is 0 Å². The minimum Gasteiger partial charge on any atom is -0.395 e. The van der Waals surface area contributed by atoms with Crippen molar-refractivity contribution in [3.63, 3.8) is 0 Å². The predicted octanol–water partition coefficient (Wildman–Crippen LogP) is 3.05. The van der Waals surface area contributed by atoms with Gasteiger partial charge in [-0.3, -0.25) is 0 Å². The molecule has 17 heavy (non-hydrogen) atoms. The van der Waals surface area contributed by atoms with Gasteiger partial charge in [0.2, 0.25) is 0 Å². The Hall–Kier alpha value is -1.36. The van der Waals surface area contributed by atoms with Gasteiger partial charge >= 0.3 is 6.29 Å². The summed E-state index contributed by atoms with van der Waals surface area (Å²) in [6, 6.07) is 4.49. The number of hydrogen-bond donors (Lipinski definition) is 1. The number of ether oxygens (including phenoxy) is 2. The third kappa shape index (κ3) is 2.34. The van der Waals surface area contributed by atoms with Crippen molar-refractivity contribution in [2.24, 2.45) is 11.7 Å². The van der Waals surface area contributed by atoms with E-state index in [1.54, 1.807) is 6.07 Å². The molecule has 1 aliphatic heterocycles. The molecule has 1 aliphatic rings. The molecule has 0 amide bonds. The van der Waals surface area contributed by atoms with Gasteiger partial charge in [0.1, 0.15) is 0 Å². The van der Waals surface area contributed by atoms with Gasteiger partial charge in [-0.2, -0.15) is 0 Å². The van der Waals surface area contributed by atoms with Crippen molar-refractivity contribution in [1.82, 2.24) is 0 Å². The van der Waals surface area contributed by atoms with E-state index >= 15 is 0 Å². The maximum absolute atomic E-state index is 12.8. The molecule has 0 saturated carbocycles. The maximum Gasteiger partial charge on any atom is 0.586 e. The van der Waals surface area contributed by atoms with Crippen LogP contribution in [0.2, 0.25) is 0 Å². The number of rotatable bonds is 3. The molecule has 2 N–H and O–H groups in total.